The SMILES string of the molecule is N#Cc1ccc(NC2CCS(=O)(=O)C2)c(Br)c1. The van der Waals surface area contributed by atoms with Crippen molar-refractivity contribution in [3.8, 4) is 6.07 Å². The molecule has 1 aromatic carbocycles. The number of halogens is 1. The molecule has 17 heavy (non-hydrogen) atoms. The molecule has 1 aliphatic rings. The first-order valence-corrected chi connectivity index (χ1v) is 7.78. The van der Waals surface area contributed by atoms with Crippen LogP contribution >= 0.6 is 15.9 Å². The van der Waals surface area contributed by atoms with E-state index in [9.17, 15) is 8.42 Å². The summed E-state index contributed by atoms with van der Waals surface area (Å²) in [5.74, 6) is 0.429. The second-order valence-electron chi connectivity index (χ2n) is 4.05. The zero-order valence-electron chi connectivity index (χ0n) is 8.98. The van der Waals surface area contributed by atoms with Crippen molar-refractivity contribution >= 4 is 31.5 Å². The van der Waals surface area contributed by atoms with Crippen LogP contribution in [-0.4, -0.2) is 26.0 Å². The Balaban J connectivity index is 2.13. The number of nitrogens with one attached hydrogen (secondary N) is 1. The highest BCUT2D eigenvalue weighted by Gasteiger charge is 2.27. The second-order valence-corrected chi connectivity index (χ2v) is 7.13. The van der Waals surface area contributed by atoms with Gasteiger partial charge in [-0.2, -0.15) is 5.26 Å². The van der Waals surface area contributed by atoms with E-state index in [0.29, 0.717) is 12.0 Å². The highest BCUT2D eigenvalue weighted by molar-refractivity contribution is 9.10. The van der Waals surface area contributed by atoms with Gasteiger partial charge >= 0.3 is 0 Å². The first-order valence-electron chi connectivity index (χ1n) is 5.17. The van der Waals surface area contributed by atoms with E-state index in [2.05, 4.69) is 21.2 Å². The first-order chi connectivity index (χ1) is 8.00. The van der Waals surface area contributed by atoms with E-state index in [1.807, 2.05) is 6.07 Å². The van der Waals surface area contributed by atoms with Crippen LogP contribution in [0.5, 0.6) is 0 Å². The van der Waals surface area contributed by atoms with Gasteiger partial charge in [-0.1, -0.05) is 0 Å². The standard InChI is InChI=1S/C11H11BrN2O2S/c12-10-5-8(6-13)1-2-11(10)14-9-3-4-17(15,16)7-9/h1-2,5,9,14H,3-4,7H2. The summed E-state index contributed by atoms with van der Waals surface area (Å²) in [6.07, 6.45) is 0.634. The van der Waals surface area contributed by atoms with Crippen LogP contribution in [0.15, 0.2) is 22.7 Å². The average Bonchev–Trinajstić information content (AvgIpc) is 2.61. The Hall–Kier alpha value is -1.06. The predicted octanol–water partition coefficient (Wildman–Crippen LogP) is 1.92. The highest BCUT2D eigenvalue weighted by atomic mass is 79.9. The molecular formula is C11H11BrN2O2S. The Bertz CT molecular complexity index is 578. The molecule has 1 aliphatic heterocycles. The molecule has 1 heterocycles. The molecule has 0 aliphatic carbocycles. The quantitative estimate of drug-likeness (QED) is 0.905. The molecule has 0 spiro atoms. The fourth-order valence-corrected chi connectivity index (χ4v) is 4.00. The van der Waals surface area contributed by atoms with Crippen molar-refractivity contribution in [1.82, 2.24) is 0 Å². The van der Waals surface area contributed by atoms with Gasteiger partial charge in [-0.05, 0) is 40.5 Å². The topological polar surface area (TPSA) is 70.0 Å². The van der Waals surface area contributed by atoms with E-state index >= 15 is 0 Å². The number of hydrogen-bond acceptors (Lipinski definition) is 4. The van der Waals surface area contributed by atoms with Crippen molar-refractivity contribution in [2.24, 2.45) is 0 Å². The molecule has 1 fully saturated rings. The van der Waals surface area contributed by atoms with Gasteiger partial charge in [-0.3, -0.25) is 0 Å². The van der Waals surface area contributed by atoms with E-state index in [1.165, 1.54) is 0 Å². The maximum Gasteiger partial charge on any atom is 0.152 e. The van der Waals surface area contributed by atoms with Crippen LogP contribution in [0, 0.1) is 11.3 Å². The van der Waals surface area contributed by atoms with Crippen LogP contribution in [0.1, 0.15) is 12.0 Å². The fraction of sp³-hybridized carbons (Fsp3) is 0.364. The second kappa shape index (κ2) is 4.67. The molecule has 0 amide bonds. The number of sulfone groups is 1. The number of anilines is 1. The normalized spacial score (nSPS) is 22.0. The van der Waals surface area contributed by atoms with Crippen molar-refractivity contribution in [2.45, 2.75) is 12.5 Å². The molecule has 4 nitrogen and oxygen atoms in total. The molecule has 0 radical (unpaired) electrons. The molecule has 1 unspecified atom stereocenters. The van der Waals surface area contributed by atoms with Gasteiger partial charge in [0.05, 0.1) is 23.1 Å². The monoisotopic (exact) mass is 314 g/mol. The first kappa shape index (κ1) is 12.4. The van der Waals surface area contributed by atoms with Gasteiger partial charge in [-0.15, -0.1) is 0 Å². The van der Waals surface area contributed by atoms with Crippen LogP contribution in [-0.2, 0) is 9.84 Å². The molecule has 2 rings (SSSR count). The Morgan fingerprint density at radius 1 is 1.47 bits per heavy atom. The van der Waals surface area contributed by atoms with Gasteiger partial charge in [0.15, 0.2) is 9.84 Å². The van der Waals surface area contributed by atoms with Crippen LogP contribution in [0.2, 0.25) is 0 Å². The third-order valence-corrected chi connectivity index (χ3v) is 5.11. The predicted molar refractivity (Wildman–Crippen MR) is 69.5 cm³/mol. The number of nitrogens with zero attached hydrogens (tertiary/aromatic N) is 1. The number of hydrogen-bond donors (Lipinski definition) is 1. The summed E-state index contributed by atoms with van der Waals surface area (Å²) in [5, 5.41) is 11.9. The van der Waals surface area contributed by atoms with Crippen molar-refractivity contribution in [1.29, 1.82) is 5.26 Å². The average molecular weight is 315 g/mol. The molecular weight excluding hydrogens is 304 g/mol. The van der Waals surface area contributed by atoms with Gasteiger partial charge in [0.2, 0.25) is 0 Å². The van der Waals surface area contributed by atoms with Crippen molar-refractivity contribution in [2.75, 3.05) is 16.8 Å². The number of rotatable bonds is 2. The molecule has 0 saturated carbocycles. The van der Waals surface area contributed by atoms with Crippen molar-refractivity contribution in [3.63, 3.8) is 0 Å². The fourth-order valence-electron chi connectivity index (χ4n) is 1.83. The van der Waals surface area contributed by atoms with E-state index in [4.69, 9.17) is 5.26 Å². The number of benzene rings is 1. The van der Waals surface area contributed by atoms with Gasteiger partial charge < -0.3 is 5.32 Å². The van der Waals surface area contributed by atoms with Crippen molar-refractivity contribution < 1.29 is 8.42 Å². The minimum absolute atomic E-state index is 0.0377. The molecule has 0 aromatic heterocycles. The highest BCUT2D eigenvalue weighted by Crippen LogP contribution is 2.26. The molecule has 1 atom stereocenters. The molecule has 1 aromatic rings. The molecule has 1 saturated heterocycles. The van der Waals surface area contributed by atoms with Gasteiger partial charge in [-0.25, -0.2) is 8.42 Å². The lowest BCUT2D eigenvalue weighted by atomic mass is 10.2. The van der Waals surface area contributed by atoms with E-state index < -0.39 is 9.84 Å². The summed E-state index contributed by atoms with van der Waals surface area (Å²) in [6.45, 7) is 0. The van der Waals surface area contributed by atoms with Gasteiger partial charge in [0.25, 0.3) is 0 Å². The Labute approximate surface area is 109 Å². The molecule has 0 bridgehead atoms. The molecule has 90 valence electrons. The minimum atomic E-state index is -2.87. The third-order valence-electron chi connectivity index (χ3n) is 2.69. The Morgan fingerprint density at radius 3 is 2.76 bits per heavy atom. The van der Waals surface area contributed by atoms with E-state index in [-0.39, 0.29) is 17.5 Å². The van der Waals surface area contributed by atoms with Gasteiger partial charge in [0, 0.05) is 16.2 Å². The maximum atomic E-state index is 11.3. The Morgan fingerprint density at radius 2 is 2.24 bits per heavy atom. The van der Waals surface area contributed by atoms with Crippen LogP contribution in [0.25, 0.3) is 0 Å². The lowest BCUT2D eigenvalue weighted by Gasteiger charge is -2.13. The lowest BCUT2D eigenvalue weighted by Crippen LogP contribution is -2.20. The van der Waals surface area contributed by atoms with Crippen LogP contribution in [0.3, 0.4) is 0 Å². The largest absolute Gasteiger partial charge is 0.380 e. The number of nitriles is 1. The van der Waals surface area contributed by atoms with E-state index in [0.717, 1.165) is 10.2 Å². The minimum Gasteiger partial charge on any atom is -0.380 e. The van der Waals surface area contributed by atoms with E-state index in [1.54, 1.807) is 18.2 Å². The third kappa shape index (κ3) is 2.99. The van der Waals surface area contributed by atoms with Crippen LogP contribution < -0.4 is 5.32 Å². The summed E-state index contributed by atoms with van der Waals surface area (Å²) in [4.78, 5) is 0. The summed E-state index contributed by atoms with van der Waals surface area (Å²) in [5.41, 5.74) is 1.40. The zero-order valence-corrected chi connectivity index (χ0v) is 11.4. The zero-order chi connectivity index (χ0) is 12.5. The summed E-state index contributed by atoms with van der Waals surface area (Å²) < 4.78 is 23.4. The maximum absolute atomic E-state index is 11.3. The molecule has 6 heteroatoms. The summed E-state index contributed by atoms with van der Waals surface area (Å²) in [6, 6.07) is 7.21. The summed E-state index contributed by atoms with van der Waals surface area (Å²) in [7, 11) is -2.87. The molecule has 1 N–H and O–H groups in total. The van der Waals surface area contributed by atoms with Crippen LogP contribution in [0.4, 0.5) is 5.69 Å². The lowest BCUT2D eigenvalue weighted by molar-refractivity contribution is 0.602. The van der Waals surface area contributed by atoms with Crippen molar-refractivity contribution in [3.05, 3.63) is 28.2 Å². The summed E-state index contributed by atoms with van der Waals surface area (Å²) >= 11 is 3.36. The smallest absolute Gasteiger partial charge is 0.152 e. The Kier molecular flexibility index (Phi) is 3.40. The van der Waals surface area contributed by atoms with Gasteiger partial charge in [0.1, 0.15) is 0 Å².